The number of halogens is 1. The topological polar surface area (TPSA) is 70.1 Å². The minimum atomic E-state index is 0.175. The zero-order valence-electron chi connectivity index (χ0n) is 7.92. The molecule has 0 aromatic carbocycles. The summed E-state index contributed by atoms with van der Waals surface area (Å²) >= 11 is 3.33. The van der Waals surface area contributed by atoms with Crippen LogP contribution in [0.5, 0.6) is 0 Å². The molecule has 3 N–H and O–H groups in total. The summed E-state index contributed by atoms with van der Waals surface area (Å²) in [5, 5.41) is 14.6. The summed E-state index contributed by atoms with van der Waals surface area (Å²) in [6.45, 7) is 0.865. The SMILES string of the molecule is CNc1ncc(Br)c(NCCCO)n1. The third-order valence-electron chi connectivity index (χ3n) is 1.60. The van der Waals surface area contributed by atoms with Crippen molar-refractivity contribution in [2.45, 2.75) is 6.42 Å². The molecule has 0 unspecified atom stereocenters. The Morgan fingerprint density at radius 1 is 1.57 bits per heavy atom. The molecule has 0 saturated heterocycles. The van der Waals surface area contributed by atoms with Gasteiger partial charge in [-0.25, -0.2) is 4.98 Å². The summed E-state index contributed by atoms with van der Waals surface area (Å²) < 4.78 is 0.814. The first-order valence-corrected chi connectivity index (χ1v) is 5.12. The van der Waals surface area contributed by atoms with Crippen LogP contribution in [0.15, 0.2) is 10.7 Å². The predicted molar refractivity (Wildman–Crippen MR) is 59.5 cm³/mol. The molecule has 5 nitrogen and oxygen atoms in total. The fourth-order valence-corrected chi connectivity index (χ4v) is 1.23. The first-order valence-electron chi connectivity index (χ1n) is 4.33. The molecule has 0 bridgehead atoms. The van der Waals surface area contributed by atoms with E-state index in [1.54, 1.807) is 13.2 Å². The molecule has 0 aliphatic heterocycles. The smallest absolute Gasteiger partial charge is 0.224 e. The molecule has 0 aliphatic rings. The Hall–Kier alpha value is -0.880. The van der Waals surface area contributed by atoms with Gasteiger partial charge >= 0.3 is 0 Å². The molecular weight excluding hydrogens is 248 g/mol. The molecule has 1 heterocycles. The zero-order valence-corrected chi connectivity index (χ0v) is 9.50. The average molecular weight is 261 g/mol. The van der Waals surface area contributed by atoms with Gasteiger partial charge in [-0.2, -0.15) is 4.98 Å². The van der Waals surface area contributed by atoms with E-state index in [0.717, 1.165) is 10.3 Å². The number of aliphatic hydroxyl groups excluding tert-OH is 1. The highest BCUT2D eigenvalue weighted by Crippen LogP contribution is 2.19. The molecule has 0 radical (unpaired) electrons. The van der Waals surface area contributed by atoms with E-state index in [-0.39, 0.29) is 6.61 Å². The van der Waals surface area contributed by atoms with E-state index in [2.05, 4.69) is 36.5 Å². The maximum atomic E-state index is 8.62. The van der Waals surface area contributed by atoms with Gasteiger partial charge in [0.25, 0.3) is 0 Å². The standard InChI is InChI=1S/C8H13BrN4O/c1-10-8-12-5-6(9)7(13-8)11-3-2-4-14/h5,14H,2-4H2,1H3,(H2,10,11,12,13). The summed E-state index contributed by atoms with van der Waals surface area (Å²) in [7, 11) is 1.76. The van der Waals surface area contributed by atoms with Crippen molar-refractivity contribution in [2.24, 2.45) is 0 Å². The van der Waals surface area contributed by atoms with E-state index in [4.69, 9.17) is 5.11 Å². The normalized spacial score (nSPS) is 9.93. The maximum absolute atomic E-state index is 8.62. The van der Waals surface area contributed by atoms with Crippen molar-refractivity contribution < 1.29 is 5.11 Å². The number of aliphatic hydroxyl groups is 1. The van der Waals surface area contributed by atoms with Gasteiger partial charge < -0.3 is 15.7 Å². The molecule has 78 valence electrons. The fraction of sp³-hybridized carbons (Fsp3) is 0.500. The van der Waals surface area contributed by atoms with E-state index in [9.17, 15) is 0 Å². The number of nitrogens with one attached hydrogen (secondary N) is 2. The molecule has 1 aromatic heterocycles. The van der Waals surface area contributed by atoms with E-state index in [1.807, 2.05) is 0 Å². The molecule has 14 heavy (non-hydrogen) atoms. The van der Waals surface area contributed by atoms with E-state index in [1.165, 1.54) is 0 Å². The maximum Gasteiger partial charge on any atom is 0.224 e. The summed E-state index contributed by atoms with van der Waals surface area (Å²) in [5.41, 5.74) is 0. The molecular formula is C8H13BrN4O. The number of aromatic nitrogens is 2. The second-order valence-corrected chi connectivity index (χ2v) is 3.50. The number of hydrogen-bond donors (Lipinski definition) is 3. The van der Waals surface area contributed by atoms with E-state index in [0.29, 0.717) is 18.9 Å². The molecule has 1 aromatic rings. The first-order chi connectivity index (χ1) is 6.77. The van der Waals surface area contributed by atoms with Crippen molar-refractivity contribution in [3.05, 3.63) is 10.7 Å². The number of hydrogen-bond acceptors (Lipinski definition) is 5. The van der Waals surface area contributed by atoms with Crippen LogP contribution in [0.2, 0.25) is 0 Å². The predicted octanol–water partition coefficient (Wildman–Crippen LogP) is 1.08. The van der Waals surface area contributed by atoms with Gasteiger partial charge in [0.1, 0.15) is 5.82 Å². The highest BCUT2D eigenvalue weighted by Gasteiger charge is 2.02. The Kier molecular flexibility index (Phi) is 4.61. The van der Waals surface area contributed by atoms with Crippen molar-refractivity contribution in [2.75, 3.05) is 30.8 Å². The summed E-state index contributed by atoms with van der Waals surface area (Å²) in [5.74, 6) is 1.30. The Morgan fingerprint density at radius 2 is 2.36 bits per heavy atom. The first kappa shape index (κ1) is 11.2. The van der Waals surface area contributed by atoms with Gasteiger partial charge in [-0.05, 0) is 22.4 Å². The van der Waals surface area contributed by atoms with Crippen LogP contribution < -0.4 is 10.6 Å². The quantitative estimate of drug-likeness (QED) is 0.692. The van der Waals surface area contributed by atoms with Crippen LogP contribution in [-0.4, -0.2) is 35.3 Å². The molecule has 0 aliphatic carbocycles. The van der Waals surface area contributed by atoms with Crippen LogP contribution in [0, 0.1) is 0 Å². The lowest BCUT2D eigenvalue weighted by Gasteiger charge is -2.07. The number of nitrogens with zero attached hydrogens (tertiary/aromatic N) is 2. The van der Waals surface area contributed by atoms with Crippen LogP contribution in [0.4, 0.5) is 11.8 Å². The minimum absolute atomic E-state index is 0.175. The van der Waals surface area contributed by atoms with E-state index < -0.39 is 0 Å². The van der Waals surface area contributed by atoms with Gasteiger partial charge in [-0.1, -0.05) is 0 Å². The van der Waals surface area contributed by atoms with Crippen LogP contribution >= 0.6 is 15.9 Å². The minimum Gasteiger partial charge on any atom is -0.396 e. The zero-order chi connectivity index (χ0) is 10.4. The van der Waals surface area contributed by atoms with E-state index >= 15 is 0 Å². The van der Waals surface area contributed by atoms with Crippen molar-refractivity contribution in [1.82, 2.24) is 9.97 Å². The molecule has 0 saturated carbocycles. The second kappa shape index (κ2) is 5.77. The van der Waals surface area contributed by atoms with Gasteiger partial charge in [0, 0.05) is 26.4 Å². The molecule has 0 fully saturated rings. The number of anilines is 2. The lowest BCUT2D eigenvalue weighted by Crippen LogP contribution is -2.07. The third kappa shape index (κ3) is 3.12. The fourth-order valence-electron chi connectivity index (χ4n) is 0.897. The van der Waals surface area contributed by atoms with Crippen LogP contribution in [0.3, 0.4) is 0 Å². The second-order valence-electron chi connectivity index (χ2n) is 2.64. The summed E-state index contributed by atoms with van der Waals surface area (Å²) in [4.78, 5) is 8.23. The lowest BCUT2D eigenvalue weighted by molar-refractivity contribution is 0.292. The van der Waals surface area contributed by atoms with Crippen LogP contribution in [0.1, 0.15) is 6.42 Å². The van der Waals surface area contributed by atoms with Gasteiger partial charge in [0.15, 0.2) is 0 Å². The van der Waals surface area contributed by atoms with Gasteiger partial charge in [-0.15, -0.1) is 0 Å². The monoisotopic (exact) mass is 260 g/mol. The third-order valence-corrected chi connectivity index (χ3v) is 2.18. The van der Waals surface area contributed by atoms with Crippen LogP contribution in [0.25, 0.3) is 0 Å². The van der Waals surface area contributed by atoms with Crippen molar-refractivity contribution >= 4 is 27.7 Å². The molecule has 1 rings (SSSR count). The van der Waals surface area contributed by atoms with Gasteiger partial charge in [0.05, 0.1) is 4.47 Å². The van der Waals surface area contributed by atoms with Gasteiger partial charge in [-0.3, -0.25) is 0 Å². The van der Waals surface area contributed by atoms with Crippen LogP contribution in [-0.2, 0) is 0 Å². The summed E-state index contributed by atoms with van der Waals surface area (Å²) in [6.07, 6.45) is 2.38. The largest absolute Gasteiger partial charge is 0.396 e. The Morgan fingerprint density at radius 3 is 3.00 bits per heavy atom. The number of rotatable bonds is 5. The highest BCUT2D eigenvalue weighted by atomic mass is 79.9. The highest BCUT2D eigenvalue weighted by molar-refractivity contribution is 9.10. The Labute approximate surface area is 91.1 Å². The lowest BCUT2D eigenvalue weighted by atomic mass is 10.4. The Balaban J connectivity index is 2.64. The van der Waals surface area contributed by atoms with Gasteiger partial charge in [0.2, 0.25) is 5.95 Å². The van der Waals surface area contributed by atoms with Crippen molar-refractivity contribution in [3.8, 4) is 0 Å². The van der Waals surface area contributed by atoms with Crippen molar-refractivity contribution in [1.29, 1.82) is 0 Å². The molecule has 0 atom stereocenters. The molecule has 0 spiro atoms. The molecule has 6 heteroatoms. The molecule has 0 amide bonds. The average Bonchev–Trinajstić information content (AvgIpc) is 2.21. The summed E-state index contributed by atoms with van der Waals surface area (Å²) in [6, 6.07) is 0. The van der Waals surface area contributed by atoms with Crippen molar-refractivity contribution in [3.63, 3.8) is 0 Å². The Bertz CT molecular complexity index is 295.